The minimum absolute atomic E-state index is 0. The molecule has 0 spiro atoms. The third-order valence-electron chi connectivity index (χ3n) is 0. The summed E-state index contributed by atoms with van der Waals surface area (Å²) in [5.41, 5.74) is 0. The summed E-state index contributed by atoms with van der Waals surface area (Å²) < 4.78 is 0. The van der Waals surface area contributed by atoms with E-state index in [2.05, 4.69) is 0 Å². The van der Waals surface area contributed by atoms with E-state index in [9.17, 15) is 0 Å². The van der Waals surface area contributed by atoms with Crippen molar-refractivity contribution in [3.63, 3.8) is 0 Å². The quantitative estimate of drug-likeness (QED) is 0.343. The van der Waals surface area contributed by atoms with Crippen LogP contribution in [0.4, 0.5) is 0 Å². The van der Waals surface area contributed by atoms with E-state index in [1.165, 1.54) is 0 Å². The fourth-order valence-corrected chi connectivity index (χ4v) is 0. The number of rotatable bonds is 0. The van der Waals surface area contributed by atoms with Gasteiger partial charge in [0.25, 0.3) is 0 Å². The standard InChI is InChI=1S/BrH.ClH.FH.3Na/h3*1H;;;/q;;;3*+1/p-3. The summed E-state index contributed by atoms with van der Waals surface area (Å²) in [5.74, 6) is 0. The molecular formula is BrClFNa3. The van der Waals surface area contributed by atoms with Crippen LogP contribution in [0.5, 0.6) is 0 Å². The van der Waals surface area contributed by atoms with Gasteiger partial charge in [0.05, 0.1) is 0 Å². The van der Waals surface area contributed by atoms with E-state index in [1.807, 2.05) is 0 Å². The Morgan fingerprint density at radius 2 is 0.667 bits per heavy atom. The maximum atomic E-state index is 0. The van der Waals surface area contributed by atoms with Gasteiger partial charge in [0.1, 0.15) is 0 Å². The average Bonchev–Trinajstić information content (AvgIpc) is 0. The van der Waals surface area contributed by atoms with E-state index in [-0.39, 0.29) is 123 Å². The molecule has 0 saturated heterocycles. The summed E-state index contributed by atoms with van der Waals surface area (Å²) in [6, 6.07) is 0. The Morgan fingerprint density at radius 3 is 0.667 bits per heavy atom. The van der Waals surface area contributed by atoms with Crippen LogP contribution in [0.25, 0.3) is 0 Å². The van der Waals surface area contributed by atoms with Gasteiger partial charge in [0.2, 0.25) is 0 Å². The summed E-state index contributed by atoms with van der Waals surface area (Å²) in [6.45, 7) is 0. The zero-order valence-electron chi connectivity index (χ0n) is 4.13. The summed E-state index contributed by atoms with van der Waals surface area (Å²) >= 11 is 0. The van der Waals surface area contributed by atoms with Crippen LogP contribution in [0.3, 0.4) is 0 Å². The van der Waals surface area contributed by atoms with Gasteiger partial charge in [0.15, 0.2) is 0 Å². The van der Waals surface area contributed by atoms with Crippen molar-refractivity contribution in [2.75, 3.05) is 0 Å². The van der Waals surface area contributed by atoms with Crippen molar-refractivity contribution in [3.8, 4) is 0 Å². The van der Waals surface area contributed by atoms with E-state index in [1.54, 1.807) is 0 Å². The molecule has 24 valence electrons. The van der Waals surface area contributed by atoms with Crippen LogP contribution in [0.1, 0.15) is 0 Å². The van der Waals surface area contributed by atoms with Gasteiger partial charge in [-0.05, 0) is 0 Å². The molecule has 0 saturated carbocycles. The molecule has 0 unspecified atom stereocenters. The molecule has 6 heavy (non-hydrogen) atoms. The Kier molecular flexibility index (Phi) is 337. The summed E-state index contributed by atoms with van der Waals surface area (Å²) in [6.07, 6.45) is 0. The zero-order chi connectivity index (χ0) is 0. The van der Waals surface area contributed by atoms with Gasteiger partial charge in [-0.15, -0.1) is 0 Å². The zero-order valence-corrected chi connectivity index (χ0v) is 12.5. The van der Waals surface area contributed by atoms with Crippen LogP contribution in [0.2, 0.25) is 0 Å². The molecule has 0 heterocycles. The monoisotopic (exact) mass is 202 g/mol. The van der Waals surface area contributed by atoms with E-state index in [0.717, 1.165) is 0 Å². The number of halogens is 3. The second-order valence-electron chi connectivity index (χ2n) is 0. The molecule has 0 amide bonds. The predicted molar refractivity (Wildman–Crippen MR) is 0 cm³/mol. The normalized spacial score (nSPS) is 0. The maximum absolute atomic E-state index is 0. The smallest absolute Gasteiger partial charge is 1.00 e. The first kappa shape index (κ1) is 53.6. The fraction of sp³-hybridized carbons (Fsp3) is 0. The molecule has 0 aromatic heterocycles. The predicted octanol–water partition coefficient (Wildman–Crippen LogP) is -18.0. The van der Waals surface area contributed by atoms with Gasteiger partial charge >= 0.3 is 88.7 Å². The second-order valence-corrected chi connectivity index (χ2v) is 0. The first-order chi connectivity index (χ1) is 0. The second kappa shape index (κ2) is 37.7. The molecule has 6 heteroatoms. The Hall–Kier alpha value is 3.70. The van der Waals surface area contributed by atoms with Crippen LogP contribution < -0.4 is 123 Å². The van der Waals surface area contributed by atoms with Crippen molar-refractivity contribution in [3.05, 3.63) is 0 Å². The molecule has 0 aliphatic carbocycles. The molecule has 0 aromatic rings. The third-order valence-corrected chi connectivity index (χ3v) is 0. The van der Waals surface area contributed by atoms with Crippen molar-refractivity contribution in [2.24, 2.45) is 0 Å². The molecule has 0 radical (unpaired) electrons. The molecule has 0 bridgehead atoms. The topological polar surface area (TPSA) is 0 Å². The van der Waals surface area contributed by atoms with Crippen LogP contribution in [0, 0.1) is 0 Å². The van der Waals surface area contributed by atoms with Crippen LogP contribution in [0.15, 0.2) is 0 Å². The van der Waals surface area contributed by atoms with Crippen molar-refractivity contribution >= 4 is 0 Å². The molecule has 0 rings (SSSR count). The minimum Gasteiger partial charge on any atom is -1.00 e. The first-order valence-electron chi connectivity index (χ1n) is 0. The summed E-state index contributed by atoms with van der Waals surface area (Å²) in [7, 11) is 0. The Labute approximate surface area is 120 Å². The first-order valence-corrected chi connectivity index (χ1v) is 0. The molecular weight excluding hydrogens is 203 g/mol. The van der Waals surface area contributed by atoms with E-state index < -0.39 is 0 Å². The third kappa shape index (κ3) is 25.2. The summed E-state index contributed by atoms with van der Waals surface area (Å²) in [5, 5.41) is 0. The number of hydrogen-bond donors (Lipinski definition) is 0. The van der Waals surface area contributed by atoms with Crippen molar-refractivity contribution < 1.29 is 123 Å². The van der Waals surface area contributed by atoms with Crippen molar-refractivity contribution in [2.45, 2.75) is 0 Å². The van der Waals surface area contributed by atoms with E-state index >= 15 is 0 Å². The SMILES string of the molecule is [Br-].[Cl-].[F-].[Na+].[Na+].[Na+]. The largest absolute Gasteiger partial charge is 1.00 e. The fourth-order valence-electron chi connectivity index (χ4n) is 0. The Balaban J connectivity index is 0. The number of hydrogen-bond acceptors (Lipinski definition) is 0. The van der Waals surface area contributed by atoms with Crippen LogP contribution >= 0.6 is 0 Å². The average molecular weight is 203 g/mol. The van der Waals surface area contributed by atoms with Crippen LogP contribution in [-0.4, -0.2) is 0 Å². The molecule has 0 N–H and O–H groups in total. The Morgan fingerprint density at radius 1 is 0.667 bits per heavy atom. The van der Waals surface area contributed by atoms with Gasteiger partial charge in [-0.2, -0.15) is 0 Å². The van der Waals surface area contributed by atoms with Gasteiger partial charge < -0.3 is 34.1 Å². The van der Waals surface area contributed by atoms with Gasteiger partial charge in [-0.3, -0.25) is 0 Å². The maximum Gasteiger partial charge on any atom is 1.00 e. The van der Waals surface area contributed by atoms with Gasteiger partial charge in [-0.1, -0.05) is 0 Å². The summed E-state index contributed by atoms with van der Waals surface area (Å²) in [4.78, 5) is 0. The Bertz CT molecular complexity index is 10.8. The van der Waals surface area contributed by atoms with Crippen molar-refractivity contribution in [1.29, 1.82) is 0 Å². The molecule has 0 atom stereocenters. The molecule has 0 aliphatic heterocycles. The van der Waals surface area contributed by atoms with Gasteiger partial charge in [0, 0.05) is 0 Å². The molecule has 0 nitrogen and oxygen atoms in total. The molecule has 0 fully saturated rings. The minimum atomic E-state index is 0. The van der Waals surface area contributed by atoms with E-state index in [4.69, 9.17) is 0 Å². The van der Waals surface area contributed by atoms with Gasteiger partial charge in [-0.25, -0.2) is 0 Å². The van der Waals surface area contributed by atoms with Crippen LogP contribution in [-0.2, 0) is 0 Å². The van der Waals surface area contributed by atoms with Crippen molar-refractivity contribution in [1.82, 2.24) is 0 Å². The molecule has 0 aliphatic rings. The van der Waals surface area contributed by atoms with E-state index in [0.29, 0.717) is 0 Å². The molecule has 0 aromatic carbocycles.